The maximum absolute atomic E-state index is 6.05. The Kier molecular flexibility index (Phi) is 4.96. The minimum Gasteiger partial charge on any atom is -0.376 e. The number of likely N-dealkylation sites (N-methyl/N-ethyl adjacent to an activating group) is 1. The minimum atomic E-state index is 0.0631. The number of nitrogens with zero attached hydrogens (tertiary/aromatic N) is 1. The second kappa shape index (κ2) is 6.54. The Morgan fingerprint density at radius 2 is 2.00 bits per heavy atom. The van der Waals surface area contributed by atoms with Crippen molar-refractivity contribution in [3.8, 4) is 0 Å². The number of aromatic nitrogens is 1. The summed E-state index contributed by atoms with van der Waals surface area (Å²) in [7, 11) is 2.00. The summed E-state index contributed by atoms with van der Waals surface area (Å²) in [5.41, 5.74) is 2.33. The Labute approximate surface area is 127 Å². The molecule has 3 heteroatoms. The molecular weight excluding hydrogens is 260 g/mol. The zero-order valence-electron chi connectivity index (χ0n) is 13.7. The minimum absolute atomic E-state index is 0.0631. The van der Waals surface area contributed by atoms with Crippen LogP contribution in [0.3, 0.4) is 0 Å². The molecule has 1 N–H and O–H groups in total. The van der Waals surface area contributed by atoms with E-state index in [0.717, 1.165) is 12.1 Å². The SMILES string of the molecule is CCOC(C(NC)c1ccc2ncccc2c1)C(C)(C)C. The van der Waals surface area contributed by atoms with E-state index in [0.29, 0.717) is 0 Å². The molecule has 2 atom stereocenters. The van der Waals surface area contributed by atoms with Gasteiger partial charge in [0.2, 0.25) is 0 Å². The monoisotopic (exact) mass is 286 g/mol. The van der Waals surface area contributed by atoms with Crippen molar-refractivity contribution in [3.05, 3.63) is 42.1 Å². The molecule has 0 saturated carbocycles. The first kappa shape index (κ1) is 15.9. The first-order valence-corrected chi connectivity index (χ1v) is 7.61. The standard InChI is InChI=1S/C18H26N2O/c1-6-21-17(18(2,3)4)16(19-5)14-9-10-15-13(12-14)8-7-11-20-15/h7-12,16-17,19H,6H2,1-5H3. The van der Waals surface area contributed by atoms with E-state index in [4.69, 9.17) is 4.74 Å². The zero-order valence-corrected chi connectivity index (χ0v) is 13.7. The molecule has 0 radical (unpaired) electrons. The quantitative estimate of drug-likeness (QED) is 0.903. The maximum atomic E-state index is 6.05. The van der Waals surface area contributed by atoms with Gasteiger partial charge in [-0.3, -0.25) is 4.98 Å². The topological polar surface area (TPSA) is 34.1 Å². The summed E-state index contributed by atoms with van der Waals surface area (Å²) in [4.78, 5) is 4.39. The highest BCUT2D eigenvalue weighted by Crippen LogP contribution is 2.33. The molecule has 0 fully saturated rings. The second-order valence-electron chi connectivity index (χ2n) is 6.46. The van der Waals surface area contributed by atoms with Gasteiger partial charge in [0, 0.05) is 18.2 Å². The molecule has 0 amide bonds. The fourth-order valence-electron chi connectivity index (χ4n) is 2.81. The van der Waals surface area contributed by atoms with Gasteiger partial charge in [0.05, 0.1) is 17.7 Å². The lowest BCUT2D eigenvalue weighted by Crippen LogP contribution is -2.41. The van der Waals surface area contributed by atoms with Crippen LogP contribution in [0.25, 0.3) is 10.9 Å². The highest BCUT2D eigenvalue weighted by molar-refractivity contribution is 5.79. The van der Waals surface area contributed by atoms with Gasteiger partial charge in [-0.25, -0.2) is 0 Å². The molecule has 2 rings (SSSR count). The van der Waals surface area contributed by atoms with Crippen LogP contribution in [0.1, 0.15) is 39.3 Å². The van der Waals surface area contributed by atoms with Crippen molar-refractivity contribution in [2.24, 2.45) is 5.41 Å². The Hall–Kier alpha value is -1.45. The van der Waals surface area contributed by atoms with Crippen LogP contribution in [0.15, 0.2) is 36.5 Å². The van der Waals surface area contributed by atoms with E-state index in [-0.39, 0.29) is 17.6 Å². The number of benzene rings is 1. The average molecular weight is 286 g/mol. The molecule has 2 aromatic rings. The molecule has 1 aromatic heterocycles. The van der Waals surface area contributed by atoms with Crippen molar-refractivity contribution >= 4 is 10.9 Å². The largest absolute Gasteiger partial charge is 0.376 e. The van der Waals surface area contributed by atoms with Crippen molar-refractivity contribution in [1.29, 1.82) is 0 Å². The molecule has 1 heterocycles. The van der Waals surface area contributed by atoms with Crippen molar-refractivity contribution in [2.75, 3.05) is 13.7 Å². The summed E-state index contributed by atoms with van der Waals surface area (Å²) in [6.45, 7) is 9.44. The van der Waals surface area contributed by atoms with E-state index in [1.807, 2.05) is 19.3 Å². The van der Waals surface area contributed by atoms with Gasteiger partial charge in [0.15, 0.2) is 0 Å². The van der Waals surface area contributed by atoms with Crippen molar-refractivity contribution < 1.29 is 4.74 Å². The lowest BCUT2D eigenvalue weighted by Gasteiger charge is -2.37. The molecule has 21 heavy (non-hydrogen) atoms. The third-order valence-corrected chi connectivity index (χ3v) is 3.80. The van der Waals surface area contributed by atoms with Crippen molar-refractivity contribution in [1.82, 2.24) is 10.3 Å². The number of ether oxygens (including phenoxy) is 1. The van der Waals surface area contributed by atoms with Gasteiger partial charge in [0.25, 0.3) is 0 Å². The fraction of sp³-hybridized carbons (Fsp3) is 0.500. The van der Waals surface area contributed by atoms with Crippen molar-refractivity contribution in [3.63, 3.8) is 0 Å². The summed E-state index contributed by atoms with van der Waals surface area (Å²) < 4.78 is 6.05. The predicted molar refractivity (Wildman–Crippen MR) is 88.4 cm³/mol. The van der Waals surface area contributed by atoms with Gasteiger partial charge in [-0.05, 0) is 43.1 Å². The van der Waals surface area contributed by atoms with Gasteiger partial charge in [-0.2, -0.15) is 0 Å². The number of rotatable bonds is 5. The van der Waals surface area contributed by atoms with E-state index in [1.165, 1.54) is 10.9 Å². The predicted octanol–water partition coefficient (Wildman–Crippen LogP) is 3.95. The number of hydrogen-bond donors (Lipinski definition) is 1. The Morgan fingerprint density at radius 3 is 2.62 bits per heavy atom. The smallest absolute Gasteiger partial charge is 0.0817 e. The maximum Gasteiger partial charge on any atom is 0.0817 e. The van der Waals surface area contributed by atoms with Gasteiger partial charge >= 0.3 is 0 Å². The molecule has 0 aliphatic heterocycles. The molecule has 114 valence electrons. The summed E-state index contributed by atoms with van der Waals surface area (Å²) >= 11 is 0. The third kappa shape index (κ3) is 3.60. The molecular formula is C18H26N2O. The van der Waals surface area contributed by atoms with E-state index in [2.05, 4.69) is 62.3 Å². The molecule has 3 nitrogen and oxygen atoms in total. The molecule has 2 unspecified atom stereocenters. The average Bonchev–Trinajstić information content (AvgIpc) is 2.46. The van der Waals surface area contributed by atoms with Gasteiger partial charge in [-0.1, -0.05) is 32.9 Å². The normalized spacial score (nSPS) is 15.1. The lowest BCUT2D eigenvalue weighted by molar-refractivity contribution is -0.0350. The van der Waals surface area contributed by atoms with E-state index >= 15 is 0 Å². The lowest BCUT2D eigenvalue weighted by atomic mass is 9.81. The number of hydrogen-bond acceptors (Lipinski definition) is 3. The van der Waals surface area contributed by atoms with Crippen molar-refractivity contribution in [2.45, 2.75) is 39.8 Å². The number of pyridine rings is 1. The molecule has 0 spiro atoms. The fourth-order valence-corrected chi connectivity index (χ4v) is 2.81. The third-order valence-electron chi connectivity index (χ3n) is 3.80. The molecule has 0 aliphatic rings. The first-order chi connectivity index (χ1) is 9.97. The van der Waals surface area contributed by atoms with E-state index < -0.39 is 0 Å². The van der Waals surface area contributed by atoms with E-state index in [1.54, 1.807) is 0 Å². The van der Waals surface area contributed by atoms with Crippen LogP contribution in [0.2, 0.25) is 0 Å². The first-order valence-electron chi connectivity index (χ1n) is 7.61. The Balaban J connectivity index is 2.41. The summed E-state index contributed by atoms with van der Waals surface area (Å²) in [6, 6.07) is 10.7. The van der Waals surface area contributed by atoms with Crippen LogP contribution in [-0.4, -0.2) is 24.7 Å². The van der Waals surface area contributed by atoms with Crippen LogP contribution >= 0.6 is 0 Å². The van der Waals surface area contributed by atoms with Crippen LogP contribution in [-0.2, 0) is 4.74 Å². The second-order valence-corrected chi connectivity index (χ2v) is 6.46. The highest BCUT2D eigenvalue weighted by atomic mass is 16.5. The van der Waals surface area contributed by atoms with Gasteiger partial charge in [0.1, 0.15) is 0 Å². The van der Waals surface area contributed by atoms with Gasteiger partial charge in [-0.15, -0.1) is 0 Å². The molecule has 1 aromatic carbocycles. The molecule has 0 bridgehead atoms. The molecule has 0 saturated heterocycles. The van der Waals surface area contributed by atoms with Crippen LogP contribution in [0.5, 0.6) is 0 Å². The Morgan fingerprint density at radius 1 is 1.24 bits per heavy atom. The zero-order chi connectivity index (χ0) is 15.5. The summed E-state index contributed by atoms with van der Waals surface area (Å²) in [6.07, 6.45) is 1.94. The highest BCUT2D eigenvalue weighted by Gasteiger charge is 2.33. The van der Waals surface area contributed by atoms with E-state index in [9.17, 15) is 0 Å². The number of nitrogens with one attached hydrogen (secondary N) is 1. The van der Waals surface area contributed by atoms with Crippen LogP contribution in [0.4, 0.5) is 0 Å². The van der Waals surface area contributed by atoms with Crippen LogP contribution in [0, 0.1) is 5.41 Å². The van der Waals surface area contributed by atoms with Crippen LogP contribution < -0.4 is 5.32 Å². The van der Waals surface area contributed by atoms with Gasteiger partial charge < -0.3 is 10.1 Å². The summed E-state index contributed by atoms with van der Waals surface area (Å²) in [5.74, 6) is 0. The summed E-state index contributed by atoms with van der Waals surface area (Å²) in [5, 5.41) is 4.60. The number of fused-ring (bicyclic) bond motifs is 1. The Bertz CT molecular complexity index is 589. The molecule has 0 aliphatic carbocycles.